The normalized spacial score (nSPS) is 10.2. The van der Waals surface area contributed by atoms with Crippen LogP contribution < -0.4 is 15.4 Å². The molecule has 1 amide bonds. The van der Waals surface area contributed by atoms with Crippen molar-refractivity contribution in [2.75, 3.05) is 5.32 Å². The average molecular weight is 359 g/mol. The molecule has 0 aliphatic heterocycles. The first-order valence-electron chi connectivity index (χ1n) is 7.48. The van der Waals surface area contributed by atoms with Gasteiger partial charge in [0.25, 0.3) is 11.6 Å². The second-order valence-electron chi connectivity index (χ2n) is 5.40. The Labute approximate surface area is 150 Å². The van der Waals surface area contributed by atoms with Gasteiger partial charge < -0.3 is 10.1 Å². The molecule has 2 aromatic carbocycles. The summed E-state index contributed by atoms with van der Waals surface area (Å²) in [5.41, 5.74) is 0.890. The van der Waals surface area contributed by atoms with Crippen molar-refractivity contribution in [2.24, 2.45) is 0 Å². The van der Waals surface area contributed by atoms with Crippen molar-refractivity contribution in [3.8, 4) is 5.75 Å². The lowest BCUT2D eigenvalue weighted by Gasteiger charge is -2.12. The number of anilines is 1. The highest BCUT2D eigenvalue weighted by molar-refractivity contribution is 7.80. The van der Waals surface area contributed by atoms with Crippen LogP contribution in [0.1, 0.15) is 24.2 Å². The van der Waals surface area contributed by atoms with E-state index in [9.17, 15) is 14.9 Å². The fourth-order valence-corrected chi connectivity index (χ4v) is 2.17. The number of amides is 1. The molecule has 0 saturated carbocycles. The lowest BCUT2D eigenvalue weighted by Crippen LogP contribution is -2.34. The van der Waals surface area contributed by atoms with Crippen LogP contribution in [0.2, 0.25) is 0 Å². The Bertz CT molecular complexity index is 773. The van der Waals surface area contributed by atoms with Crippen molar-refractivity contribution in [3.05, 3.63) is 64.2 Å². The third-order valence-corrected chi connectivity index (χ3v) is 3.26. The fourth-order valence-electron chi connectivity index (χ4n) is 1.96. The van der Waals surface area contributed by atoms with E-state index in [0.717, 1.165) is 5.75 Å². The average Bonchev–Trinajstić information content (AvgIpc) is 2.56. The van der Waals surface area contributed by atoms with Crippen LogP contribution in [0.25, 0.3) is 0 Å². The van der Waals surface area contributed by atoms with E-state index in [1.54, 1.807) is 24.3 Å². The van der Waals surface area contributed by atoms with Crippen LogP contribution in [-0.4, -0.2) is 22.0 Å². The number of hydrogen-bond donors (Lipinski definition) is 2. The highest BCUT2D eigenvalue weighted by Crippen LogP contribution is 2.17. The predicted molar refractivity (Wildman–Crippen MR) is 99.0 cm³/mol. The molecule has 0 saturated heterocycles. The summed E-state index contributed by atoms with van der Waals surface area (Å²) in [7, 11) is 0. The van der Waals surface area contributed by atoms with E-state index in [4.69, 9.17) is 17.0 Å². The molecule has 2 rings (SSSR count). The monoisotopic (exact) mass is 359 g/mol. The van der Waals surface area contributed by atoms with Gasteiger partial charge in [-0.15, -0.1) is 0 Å². The Morgan fingerprint density at radius 1 is 1.12 bits per heavy atom. The fraction of sp³-hybridized carbons (Fsp3) is 0.176. The van der Waals surface area contributed by atoms with Crippen LogP contribution in [0.15, 0.2) is 48.5 Å². The molecule has 25 heavy (non-hydrogen) atoms. The minimum atomic E-state index is -0.527. The number of hydrogen-bond acceptors (Lipinski definition) is 5. The molecule has 130 valence electrons. The maximum Gasteiger partial charge on any atom is 0.269 e. The molecule has 0 unspecified atom stereocenters. The van der Waals surface area contributed by atoms with Gasteiger partial charge in [-0.05, 0) is 62.5 Å². The molecular formula is C17H17N3O4S. The standard InChI is InChI=1S/C17H17N3O4S/c1-11(2)24-15-9-5-13(6-10-15)18-17(25)19-16(21)12-3-7-14(8-4-12)20(22)23/h3-11H,1-2H3,(H2,18,19,21,25). The molecule has 0 spiro atoms. The van der Waals surface area contributed by atoms with E-state index in [0.29, 0.717) is 5.69 Å². The van der Waals surface area contributed by atoms with E-state index < -0.39 is 10.8 Å². The van der Waals surface area contributed by atoms with Gasteiger partial charge in [0.2, 0.25) is 0 Å². The lowest BCUT2D eigenvalue weighted by atomic mass is 10.2. The number of carbonyl (C=O) groups excluding carboxylic acids is 1. The number of nitro benzene ring substituents is 1. The van der Waals surface area contributed by atoms with Crippen molar-refractivity contribution >= 4 is 34.6 Å². The van der Waals surface area contributed by atoms with Gasteiger partial charge in [-0.1, -0.05) is 0 Å². The molecule has 2 aromatic rings. The first-order chi connectivity index (χ1) is 11.8. The minimum Gasteiger partial charge on any atom is -0.491 e. The molecule has 2 N–H and O–H groups in total. The number of nitrogens with one attached hydrogen (secondary N) is 2. The second-order valence-corrected chi connectivity index (χ2v) is 5.81. The van der Waals surface area contributed by atoms with Gasteiger partial charge in [0.1, 0.15) is 5.75 Å². The van der Waals surface area contributed by atoms with Gasteiger partial charge >= 0.3 is 0 Å². The van der Waals surface area contributed by atoms with Gasteiger partial charge in [0.15, 0.2) is 5.11 Å². The molecule has 0 radical (unpaired) electrons. The lowest BCUT2D eigenvalue weighted by molar-refractivity contribution is -0.384. The zero-order chi connectivity index (χ0) is 18.4. The number of nitro groups is 1. The van der Waals surface area contributed by atoms with E-state index in [1.165, 1.54) is 24.3 Å². The van der Waals surface area contributed by atoms with E-state index in [1.807, 2.05) is 13.8 Å². The molecule has 0 fully saturated rings. The molecule has 0 bridgehead atoms. The number of non-ortho nitro benzene ring substituents is 1. The quantitative estimate of drug-likeness (QED) is 0.482. The van der Waals surface area contributed by atoms with Crippen LogP contribution in [0.3, 0.4) is 0 Å². The second kappa shape index (κ2) is 8.20. The van der Waals surface area contributed by atoms with E-state index in [2.05, 4.69) is 10.6 Å². The van der Waals surface area contributed by atoms with Crippen LogP contribution in [-0.2, 0) is 0 Å². The van der Waals surface area contributed by atoms with Crippen molar-refractivity contribution in [1.29, 1.82) is 0 Å². The molecular weight excluding hydrogens is 342 g/mol. The summed E-state index contributed by atoms with van der Waals surface area (Å²) in [6.07, 6.45) is 0.0841. The molecule has 8 heteroatoms. The minimum absolute atomic E-state index is 0.0824. The van der Waals surface area contributed by atoms with Crippen molar-refractivity contribution in [3.63, 3.8) is 0 Å². The number of ether oxygens (including phenoxy) is 1. The molecule has 0 aliphatic carbocycles. The van der Waals surface area contributed by atoms with Gasteiger partial charge in [-0.3, -0.25) is 20.2 Å². The van der Waals surface area contributed by atoms with Gasteiger partial charge in [0.05, 0.1) is 11.0 Å². The summed E-state index contributed by atoms with van der Waals surface area (Å²) >= 11 is 5.10. The van der Waals surface area contributed by atoms with Crippen molar-refractivity contribution in [2.45, 2.75) is 20.0 Å². The molecule has 0 atom stereocenters. The number of rotatable bonds is 5. The zero-order valence-corrected chi connectivity index (χ0v) is 14.5. The van der Waals surface area contributed by atoms with Crippen molar-refractivity contribution < 1.29 is 14.5 Å². The smallest absolute Gasteiger partial charge is 0.269 e. The molecule has 0 aliphatic rings. The topological polar surface area (TPSA) is 93.5 Å². The summed E-state index contributed by atoms with van der Waals surface area (Å²) in [4.78, 5) is 22.2. The highest BCUT2D eigenvalue weighted by atomic mass is 32.1. The third-order valence-electron chi connectivity index (χ3n) is 3.05. The predicted octanol–water partition coefficient (Wildman–Crippen LogP) is 3.51. The van der Waals surface area contributed by atoms with E-state index >= 15 is 0 Å². The van der Waals surface area contributed by atoms with Crippen LogP contribution in [0.4, 0.5) is 11.4 Å². The number of benzene rings is 2. The summed E-state index contributed by atoms with van der Waals surface area (Å²) < 4.78 is 5.54. The first kappa shape index (κ1) is 18.3. The maximum absolute atomic E-state index is 12.1. The highest BCUT2D eigenvalue weighted by Gasteiger charge is 2.11. The van der Waals surface area contributed by atoms with Crippen LogP contribution >= 0.6 is 12.2 Å². The number of carbonyl (C=O) groups is 1. The first-order valence-corrected chi connectivity index (χ1v) is 7.89. The summed E-state index contributed by atoms with van der Waals surface area (Å²) in [5.74, 6) is 0.286. The van der Waals surface area contributed by atoms with Crippen LogP contribution in [0, 0.1) is 10.1 Å². The molecule has 0 heterocycles. The van der Waals surface area contributed by atoms with Gasteiger partial charge in [-0.2, -0.15) is 0 Å². The Morgan fingerprint density at radius 2 is 1.72 bits per heavy atom. The van der Waals surface area contributed by atoms with Gasteiger partial charge in [-0.25, -0.2) is 0 Å². The van der Waals surface area contributed by atoms with Gasteiger partial charge in [0, 0.05) is 23.4 Å². The number of thiocarbonyl (C=S) groups is 1. The zero-order valence-electron chi connectivity index (χ0n) is 13.7. The Morgan fingerprint density at radius 3 is 2.24 bits per heavy atom. The maximum atomic E-state index is 12.1. The molecule has 7 nitrogen and oxygen atoms in total. The molecule has 0 aromatic heterocycles. The Hall–Kier alpha value is -3.00. The van der Waals surface area contributed by atoms with E-state index in [-0.39, 0.29) is 22.5 Å². The Kier molecular flexibility index (Phi) is 6.02. The largest absolute Gasteiger partial charge is 0.491 e. The summed E-state index contributed by atoms with van der Waals surface area (Å²) in [6, 6.07) is 12.4. The van der Waals surface area contributed by atoms with Crippen LogP contribution in [0.5, 0.6) is 5.75 Å². The third kappa shape index (κ3) is 5.54. The number of nitrogens with zero attached hydrogens (tertiary/aromatic N) is 1. The van der Waals surface area contributed by atoms with Crippen molar-refractivity contribution in [1.82, 2.24) is 5.32 Å². The Balaban J connectivity index is 1.92. The SMILES string of the molecule is CC(C)Oc1ccc(NC(=S)NC(=O)c2ccc([N+](=O)[O-])cc2)cc1. The summed E-state index contributed by atoms with van der Waals surface area (Å²) in [6.45, 7) is 3.88. The summed E-state index contributed by atoms with van der Waals surface area (Å²) in [5, 5.41) is 16.1.